The second-order valence-corrected chi connectivity index (χ2v) is 5.28. The van der Waals surface area contributed by atoms with Gasteiger partial charge in [-0.25, -0.2) is 0 Å². The van der Waals surface area contributed by atoms with Gasteiger partial charge in [-0.05, 0) is 24.0 Å². The highest BCUT2D eigenvalue weighted by Crippen LogP contribution is 2.09. The van der Waals surface area contributed by atoms with Crippen molar-refractivity contribution in [2.45, 2.75) is 25.0 Å². The van der Waals surface area contributed by atoms with Crippen molar-refractivity contribution in [2.24, 2.45) is 0 Å². The van der Waals surface area contributed by atoms with E-state index in [-0.39, 0.29) is 6.04 Å². The average Bonchev–Trinajstić information content (AvgIpc) is 2.55. The van der Waals surface area contributed by atoms with Crippen LogP contribution in [0.4, 0.5) is 0 Å². The Hall–Kier alpha value is -2.17. The fraction of sp³-hybridized carbons (Fsp3) is 0.278. The van der Waals surface area contributed by atoms with Crippen LogP contribution in [0, 0.1) is 0 Å². The number of carbonyl (C=O) groups excluding carboxylic acids is 1. The Labute approximate surface area is 130 Å². The predicted molar refractivity (Wildman–Crippen MR) is 85.3 cm³/mol. The van der Waals surface area contributed by atoms with E-state index in [1.807, 2.05) is 60.7 Å². The van der Waals surface area contributed by atoms with Crippen molar-refractivity contribution in [3.8, 4) is 0 Å². The van der Waals surface area contributed by atoms with E-state index >= 15 is 0 Å². The zero-order chi connectivity index (χ0) is 15.8. The highest BCUT2D eigenvalue weighted by atomic mass is 16.3. The van der Waals surface area contributed by atoms with Crippen LogP contribution in [0.3, 0.4) is 0 Å². The van der Waals surface area contributed by atoms with Gasteiger partial charge in [-0.1, -0.05) is 60.7 Å². The summed E-state index contributed by atoms with van der Waals surface area (Å²) in [5, 5.41) is 21.1. The lowest BCUT2D eigenvalue weighted by atomic mass is 9.98. The summed E-state index contributed by atoms with van der Waals surface area (Å²) in [5.41, 5.74) is 2.23. The first-order valence-electron chi connectivity index (χ1n) is 7.36. The van der Waals surface area contributed by atoms with Crippen molar-refractivity contribution in [1.29, 1.82) is 0 Å². The van der Waals surface area contributed by atoms with Crippen LogP contribution in [0.5, 0.6) is 0 Å². The summed E-state index contributed by atoms with van der Waals surface area (Å²) in [6.07, 6.45) is -0.0479. The second-order valence-electron chi connectivity index (χ2n) is 5.28. The van der Waals surface area contributed by atoms with Crippen LogP contribution in [-0.4, -0.2) is 34.9 Å². The molecule has 2 rings (SSSR count). The van der Waals surface area contributed by atoms with E-state index in [0.717, 1.165) is 11.1 Å². The minimum Gasteiger partial charge on any atom is -0.393 e. The third-order valence-electron chi connectivity index (χ3n) is 3.47. The molecule has 2 aromatic rings. The minimum atomic E-state index is -1.38. The molecule has 0 spiro atoms. The molecule has 0 saturated heterocycles. The van der Waals surface area contributed by atoms with Crippen molar-refractivity contribution < 1.29 is 15.0 Å². The summed E-state index contributed by atoms with van der Waals surface area (Å²) in [7, 11) is 0. The topological polar surface area (TPSA) is 69.6 Å². The van der Waals surface area contributed by atoms with Gasteiger partial charge in [-0.15, -0.1) is 0 Å². The molecule has 0 aliphatic rings. The van der Waals surface area contributed by atoms with Gasteiger partial charge < -0.3 is 15.5 Å². The molecule has 0 fully saturated rings. The Morgan fingerprint density at radius 2 is 1.36 bits per heavy atom. The fourth-order valence-electron chi connectivity index (χ4n) is 2.35. The van der Waals surface area contributed by atoms with E-state index in [2.05, 4.69) is 5.32 Å². The van der Waals surface area contributed by atoms with E-state index in [0.29, 0.717) is 12.8 Å². The number of hydrogen-bond acceptors (Lipinski definition) is 3. The van der Waals surface area contributed by atoms with Gasteiger partial charge in [-0.2, -0.15) is 0 Å². The number of hydrogen-bond donors (Lipinski definition) is 3. The summed E-state index contributed by atoms with van der Waals surface area (Å²) < 4.78 is 0. The monoisotopic (exact) mass is 299 g/mol. The molecule has 4 heteroatoms. The van der Waals surface area contributed by atoms with Gasteiger partial charge in [0, 0.05) is 6.04 Å². The lowest BCUT2D eigenvalue weighted by Crippen LogP contribution is -2.44. The number of amides is 1. The van der Waals surface area contributed by atoms with Crippen LogP contribution in [0.25, 0.3) is 0 Å². The van der Waals surface area contributed by atoms with Crippen molar-refractivity contribution >= 4 is 5.91 Å². The Morgan fingerprint density at radius 3 is 1.77 bits per heavy atom. The molecular weight excluding hydrogens is 278 g/mol. The van der Waals surface area contributed by atoms with Crippen molar-refractivity contribution in [1.82, 2.24) is 5.32 Å². The SMILES string of the molecule is O=C(NC(Cc1ccccc1)Cc1ccccc1)C(O)CO. The van der Waals surface area contributed by atoms with Crippen LogP contribution in [0.15, 0.2) is 60.7 Å². The molecule has 3 N–H and O–H groups in total. The standard InChI is InChI=1S/C18H21NO3/c20-13-17(21)18(22)19-16(11-14-7-3-1-4-8-14)12-15-9-5-2-6-10-15/h1-10,16-17,20-21H,11-13H2,(H,19,22). The van der Waals surface area contributed by atoms with Gasteiger partial charge in [0.2, 0.25) is 0 Å². The Bertz CT molecular complexity index is 530. The molecule has 1 amide bonds. The maximum Gasteiger partial charge on any atom is 0.251 e. The van der Waals surface area contributed by atoms with Gasteiger partial charge in [0.15, 0.2) is 6.10 Å². The van der Waals surface area contributed by atoms with Crippen LogP contribution >= 0.6 is 0 Å². The van der Waals surface area contributed by atoms with Crippen molar-refractivity contribution in [2.75, 3.05) is 6.61 Å². The normalized spacial score (nSPS) is 12.1. The third kappa shape index (κ3) is 4.98. The molecule has 0 aliphatic carbocycles. The predicted octanol–water partition coefficient (Wildman–Crippen LogP) is 1.31. The molecule has 0 aliphatic heterocycles. The van der Waals surface area contributed by atoms with Gasteiger partial charge in [-0.3, -0.25) is 4.79 Å². The van der Waals surface area contributed by atoms with Crippen molar-refractivity contribution in [3.63, 3.8) is 0 Å². The van der Waals surface area contributed by atoms with Gasteiger partial charge in [0.05, 0.1) is 6.61 Å². The number of aliphatic hydroxyl groups excluding tert-OH is 2. The smallest absolute Gasteiger partial charge is 0.251 e. The molecule has 22 heavy (non-hydrogen) atoms. The summed E-state index contributed by atoms with van der Waals surface area (Å²) in [4.78, 5) is 11.8. The molecular formula is C18H21NO3. The Balaban J connectivity index is 2.08. The van der Waals surface area contributed by atoms with E-state index < -0.39 is 18.6 Å². The first-order valence-corrected chi connectivity index (χ1v) is 7.36. The molecule has 1 atom stereocenters. The minimum absolute atomic E-state index is 0.140. The van der Waals surface area contributed by atoms with E-state index in [1.54, 1.807) is 0 Å². The fourth-order valence-corrected chi connectivity index (χ4v) is 2.35. The van der Waals surface area contributed by atoms with E-state index in [9.17, 15) is 9.90 Å². The summed E-state index contributed by atoms with van der Waals surface area (Å²) in [6.45, 7) is -0.574. The van der Waals surface area contributed by atoms with Crippen LogP contribution in [-0.2, 0) is 17.6 Å². The molecule has 4 nitrogen and oxygen atoms in total. The van der Waals surface area contributed by atoms with Gasteiger partial charge >= 0.3 is 0 Å². The molecule has 0 heterocycles. The molecule has 1 unspecified atom stereocenters. The Kier molecular flexibility index (Phi) is 6.13. The second kappa shape index (κ2) is 8.32. The zero-order valence-electron chi connectivity index (χ0n) is 12.4. The van der Waals surface area contributed by atoms with Crippen LogP contribution in [0.1, 0.15) is 11.1 Å². The van der Waals surface area contributed by atoms with Crippen molar-refractivity contribution in [3.05, 3.63) is 71.8 Å². The van der Waals surface area contributed by atoms with Gasteiger partial charge in [0.25, 0.3) is 5.91 Å². The quantitative estimate of drug-likeness (QED) is 0.722. The maximum absolute atomic E-state index is 11.8. The molecule has 2 aromatic carbocycles. The van der Waals surface area contributed by atoms with Crippen LogP contribution < -0.4 is 5.32 Å². The molecule has 0 aromatic heterocycles. The highest BCUT2D eigenvalue weighted by Gasteiger charge is 2.19. The highest BCUT2D eigenvalue weighted by molar-refractivity contribution is 5.80. The lowest BCUT2D eigenvalue weighted by Gasteiger charge is -2.20. The number of carbonyl (C=O) groups is 1. The summed E-state index contributed by atoms with van der Waals surface area (Å²) in [5.74, 6) is -0.542. The first kappa shape index (κ1) is 16.2. The summed E-state index contributed by atoms with van der Waals surface area (Å²) in [6, 6.07) is 19.6. The van der Waals surface area contributed by atoms with Gasteiger partial charge in [0.1, 0.15) is 0 Å². The molecule has 0 radical (unpaired) electrons. The van der Waals surface area contributed by atoms with Crippen LogP contribution in [0.2, 0.25) is 0 Å². The third-order valence-corrected chi connectivity index (χ3v) is 3.47. The number of aliphatic hydroxyl groups is 2. The molecule has 116 valence electrons. The largest absolute Gasteiger partial charge is 0.393 e. The maximum atomic E-state index is 11.8. The first-order chi connectivity index (χ1) is 10.7. The Morgan fingerprint density at radius 1 is 0.909 bits per heavy atom. The molecule has 0 saturated carbocycles. The summed E-state index contributed by atoms with van der Waals surface area (Å²) >= 11 is 0. The zero-order valence-corrected chi connectivity index (χ0v) is 12.4. The van der Waals surface area contributed by atoms with E-state index in [1.165, 1.54) is 0 Å². The number of rotatable bonds is 7. The van der Waals surface area contributed by atoms with E-state index in [4.69, 9.17) is 5.11 Å². The molecule has 0 bridgehead atoms. The lowest BCUT2D eigenvalue weighted by molar-refractivity contribution is -0.131. The number of benzene rings is 2. The average molecular weight is 299 g/mol. The number of nitrogens with one attached hydrogen (secondary N) is 1.